The van der Waals surface area contributed by atoms with E-state index in [1.807, 2.05) is 0 Å². The van der Waals surface area contributed by atoms with Crippen molar-refractivity contribution < 1.29 is 0 Å². The molecule has 0 atom stereocenters. The number of nitrogens with one attached hydrogen (secondary N) is 1. The first-order valence-electron chi connectivity index (χ1n) is 3.91. The Labute approximate surface area is 76.4 Å². The van der Waals surface area contributed by atoms with Gasteiger partial charge in [-0.3, -0.25) is 9.78 Å². The maximum absolute atomic E-state index is 11.5. The molecule has 0 saturated heterocycles. The van der Waals surface area contributed by atoms with Gasteiger partial charge in [0.2, 0.25) is 0 Å². The van der Waals surface area contributed by atoms with Gasteiger partial charge in [-0.05, 0) is 22.6 Å². The van der Waals surface area contributed by atoms with Crippen molar-refractivity contribution in [3.63, 3.8) is 0 Å². The Kier molecular flexibility index (Phi) is 1.19. The summed E-state index contributed by atoms with van der Waals surface area (Å²) in [5.41, 5.74) is 0.631. The quantitative estimate of drug-likeness (QED) is 0.507. The number of aromatic nitrogens is 6. The van der Waals surface area contributed by atoms with Crippen LogP contribution in [0.1, 0.15) is 0 Å². The van der Waals surface area contributed by atoms with Crippen LogP contribution < -0.4 is 5.56 Å². The van der Waals surface area contributed by atoms with E-state index < -0.39 is 0 Å². The fourth-order valence-corrected chi connectivity index (χ4v) is 1.33. The molecule has 0 aliphatic heterocycles. The van der Waals surface area contributed by atoms with Gasteiger partial charge < -0.3 is 0 Å². The number of tetrazole rings is 1. The minimum atomic E-state index is -0.289. The van der Waals surface area contributed by atoms with E-state index in [0.29, 0.717) is 16.8 Å². The van der Waals surface area contributed by atoms with Crippen molar-refractivity contribution >= 4 is 16.8 Å². The minimum Gasteiger partial charge on any atom is -0.287 e. The summed E-state index contributed by atoms with van der Waals surface area (Å²) in [5.74, 6) is 0.315. The van der Waals surface area contributed by atoms with Gasteiger partial charge in [0.25, 0.3) is 11.3 Å². The van der Waals surface area contributed by atoms with Crippen LogP contribution in [0.5, 0.6) is 0 Å². The maximum Gasteiger partial charge on any atom is 0.278 e. The second-order valence-corrected chi connectivity index (χ2v) is 2.74. The number of hydrogen-bond donors (Lipinski definition) is 1. The molecule has 0 bridgehead atoms. The number of rotatable bonds is 0. The molecule has 0 unspecified atom stereocenters. The molecular formula is C7H4N6O. The third-order valence-corrected chi connectivity index (χ3v) is 1.92. The van der Waals surface area contributed by atoms with E-state index in [4.69, 9.17) is 0 Å². The first kappa shape index (κ1) is 7.13. The zero-order valence-electron chi connectivity index (χ0n) is 6.88. The first-order valence-corrected chi connectivity index (χ1v) is 3.91. The van der Waals surface area contributed by atoms with Crippen LogP contribution >= 0.6 is 0 Å². The predicted octanol–water partition coefficient (Wildman–Crippen LogP) is -0.639. The number of hydrogen-bond acceptors (Lipinski definition) is 5. The van der Waals surface area contributed by atoms with Crippen molar-refractivity contribution in [3.8, 4) is 0 Å². The highest BCUT2D eigenvalue weighted by molar-refractivity contribution is 5.74. The summed E-state index contributed by atoms with van der Waals surface area (Å²) in [4.78, 5) is 17.9. The molecule has 3 rings (SSSR count). The summed E-state index contributed by atoms with van der Waals surface area (Å²) in [5, 5.41) is 10.8. The molecule has 0 saturated carbocycles. The zero-order chi connectivity index (χ0) is 9.54. The van der Waals surface area contributed by atoms with E-state index in [1.165, 1.54) is 4.52 Å². The van der Waals surface area contributed by atoms with Crippen LogP contribution in [-0.4, -0.2) is 30.0 Å². The lowest BCUT2D eigenvalue weighted by Crippen LogP contribution is -2.11. The molecule has 3 aromatic rings. The van der Waals surface area contributed by atoms with E-state index in [1.54, 1.807) is 18.3 Å². The van der Waals surface area contributed by atoms with Gasteiger partial charge in [-0.2, -0.15) is 4.52 Å². The second-order valence-electron chi connectivity index (χ2n) is 2.74. The van der Waals surface area contributed by atoms with E-state index in [2.05, 4.69) is 25.5 Å². The van der Waals surface area contributed by atoms with Crippen LogP contribution in [0.25, 0.3) is 16.8 Å². The fourth-order valence-electron chi connectivity index (χ4n) is 1.33. The third kappa shape index (κ3) is 0.777. The smallest absolute Gasteiger partial charge is 0.278 e. The van der Waals surface area contributed by atoms with Crippen LogP contribution in [-0.2, 0) is 0 Å². The molecule has 7 heteroatoms. The van der Waals surface area contributed by atoms with Crippen molar-refractivity contribution in [2.45, 2.75) is 0 Å². The Morgan fingerprint density at radius 3 is 3.29 bits per heavy atom. The first-order chi connectivity index (χ1) is 6.86. The van der Waals surface area contributed by atoms with E-state index >= 15 is 0 Å². The van der Waals surface area contributed by atoms with Crippen LogP contribution in [0.15, 0.2) is 23.1 Å². The van der Waals surface area contributed by atoms with Gasteiger partial charge in [0, 0.05) is 6.20 Å². The summed E-state index contributed by atoms with van der Waals surface area (Å²) in [7, 11) is 0. The van der Waals surface area contributed by atoms with Crippen LogP contribution in [0.3, 0.4) is 0 Å². The summed E-state index contributed by atoms with van der Waals surface area (Å²) in [6.45, 7) is 0. The van der Waals surface area contributed by atoms with E-state index in [0.717, 1.165) is 0 Å². The van der Waals surface area contributed by atoms with Gasteiger partial charge in [0.05, 0.1) is 0 Å². The Morgan fingerprint density at radius 2 is 2.36 bits per heavy atom. The second kappa shape index (κ2) is 2.34. The molecule has 3 aromatic heterocycles. The van der Waals surface area contributed by atoms with Gasteiger partial charge in [0.15, 0.2) is 5.52 Å². The lowest BCUT2D eigenvalue weighted by atomic mass is 10.4. The molecule has 0 aliphatic rings. The van der Waals surface area contributed by atoms with Gasteiger partial charge in [-0.1, -0.05) is 5.10 Å². The molecule has 68 valence electrons. The largest absolute Gasteiger partial charge is 0.287 e. The number of aromatic amines is 1. The highest BCUT2D eigenvalue weighted by Crippen LogP contribution is 2.04. The molecule has 14 heavy (non-hydrogen) atoms. The summed E-state index contributed by atoms with van der Waals surface area (Å²) >= 11 is 0. The summed E-state index contributed by atoms with van der Waals surface area (Å²) in [6.07, 6.45) is 1.55. The predicted molar refractivity (Wildman–Crippen MR) is 46.7 cm³/mol. The Morgan fingerprint density at radius 1 is 1.43 bits per heavy atom. The van der Waals surface area contributed by atoms with Crippen molar-refractivity contribution in [1.29, 1.82) is 0 Å². The summed E-state index contributed by atoms with van der Waals surface area (Å²) in [6, 6.07) is 3.46. The molecule has 0 radical (unpaired) electrons. The summed E-state index contributed by atoms with van der Waals surface area (Å²) < 4.78 is 1.43. The number of fused-ring (bicyclic) bond motifs is 3. The average molecular weight is 188 g/mol. The molecule has 0 amide bonds. The number of H-pyrrole nitrogens is 1. The minimum absolute atomic E-state index is 0.289. The van der Waals surface area contributed by atoms with E-state index in [9.17, 15) is 4.79 Å². The normalized spacial score (nSPS) is 11.1. The fraction of sp³-hybridized carbons (Fsp3) is 0. The molecule has 7 nitrogen and oxygen atoms in total. The molecule has 3 heterocycles. The van der Waals surface area contributed by atoms with Gasteiger partial charge >= 0.3 is 0 Å². The average Bonchev–Trinajstić information content (AvgIpc) is 2.66. The number of pyridine rings is 1. The Bertz CT molecular complexity index is 668. The molecule has 0 aliphatic carbocycles. The SMILES string of the molecule is O=c1[nH]c2nnnn2c2cccnc12. The lowest BCUT2D eigenvalue weighted by molar-refractivity contribution is 0.839. The highest BCUT2D eigenvalue weighted by atomic mass is 16.1. The van der Waals surface area contributed by atoms with Gasteiger partial charge in [0.1, 0.15) is 5.52 Å². The topological polar surface area (TPSA) is 88.8 Å². The Balaban J connectivity index is 2.74. The molecule has 0 aromatic carbocycles. The third-order valence-electron chi connectivity index (χ3n) is 1.92. The molecule has 0 spiro atoms. The van der Waals surface area contributed by atoms with Crippen molar-refractivity contribution in [3.05, 3.63) is 28.7 Å². The molecule has 1 N–H and O–H groups in total. The number of nitrogens with zero attached hydrogens (tertiary/aromatic N) is 5. The molecular weight excluding hydrogens is 184 g/mol. The van der Waals surface area contributed by atoms with Gasteiger partial charge in [-0.15, -0.1) is 0 Å². The monoisotopic (exact) mass is 188 g/mol. The maximum atomic E-state index is 11.5. The standard InChI is InChI=1S/C7H4N6O/c14-6-5-4(2-1-3-8-5)13-7(9-6)10-11-12-13/h1-3H,(H,9,10,12,14). The van der Waals surface area contributed by atoms with Crippen molar-refractivity contribution in [1.82, 2.24) is 30.0 Å². The lowest BCUT2D eigenvalue weighted by Gasteiger charge is -1.95. The van der Waals surface area contributed by atoms with E-state index in [-0.39, 0.29) is 5.56 Å². The zero-order valence-corrected chi connectivity index (χ0v) is 6.88. The Hall–Kier alpha value is -2.31. The van der Waals surface area contributed by atoms with Crippen LogP contribution in [0.2, 0.25) is 0 Å². The van der Waals surface area contributed by atoms with Crippen LogP contribution in [0, 0.1) is 0 Å². The van der Waals surface area contributed by atoms with Crippen LogP contribution in [0.4, 0.5) is 0 Å². The highest BCUT2D eigenvalue weighted by Gasteiger charge is 2.06. The van der Waals surface area contributed by atoms with Crippen molar-refractivity contribution in [2.75, 3.05) is 0 Å². The molecule has 0 fully saturated rings. The van der Waals surface area contributed by atoms with Crippen molar-refractivity contribution in [2.24, 2.45) is 0 Å². The van der Waals surface area contributed by atoms with Gasteiger partial charge in [-0.25, -0.2) is 4.98 Å².